The molecule has 1 rings (SSSR count). The lowest BCUT2D eigenvalue weighted by Gasteiger charge is -2.22. The van der Waals surface area contributed by atoms with Gasteiger partial charge in [-0.25, -0.2) is 0 Å². The highest BCUT2D eigenvalue weighted by Gasteiger charge is 2.16. The Balaban J connectivity index is 2.35. The number of rotatable bonds is 8. The van der Waals surface area contributed by atoms with Crippen molar-refractivity contribution in [1.29, 1.82) is 0 Å². The lowest BCUT2D eigenvalue weighted by molar-refractivity contribution is -0.00836. The fourth-order valence-corrected chi connectivity index (χ4v) is 1.85. The highest BCUT2D eigenvalue weighted by atomic mass is 32.2. The predicted octanol–water partition coefficient (Wildman–Crippen LogP) is 3.42. The van der Waals surface area contributed by atoms with Crippen molar-refractivity contribution in [3.05, 3.63) is 29.8 Å². The second kappa shape index (κ2) is 7.68. The molecule has 0 amide bonds. The van der Waals surface area contributed by atoms with Gasteiger partial charge in [0.25, 0.3) is 0 Å². The van der Waals surface area contributed by atoms with Crippen molar-refractivity contribution in [1.82, 2.24) is 0 Å². The maximum Gasteiger partial charge on any atom is 0.188 e. The van der Waals surface area contributed by atoms with E-state index in [9.17, 15) is 4.79 Å². The van der Waals surface area contributed by atoms with E-state index in [2.05, 4.69) is 0 Å². The third-order valence-corrected chi connectivity index (χ3v) is 3.79. The molecule has 0 saturated heterocycles. The molecule has 0 fully saturated rings. The first-order valence-electron chi connectivity index (χ1n) is 6.28. The van der Waals surface area contributed by atoms with Crippen molar-refractivity contribution in [2.45, 2.75) is 30.8 Å². The number of thioether (sulfide) groups is 1. The maximum atomic E-state index is 11.9. The molecule has 3 nitrogen and oxygen atoms in total. The Labute approximate surface area is 119 Å². The Morgan fingerprint density at radius 1 is 1.26 bits per heavy atom. The molecule has 0 saturated carbocycles. The number of ether oxygens (including phenoxy) is 2. The number of ketones is 1. The summed E-state index contributed by atoms with van der Waals surface area (Å²) < 4.78 is 10.7. The van der Waals surface area contributed by atoms with Crippen LogP contribution in [0.3, 0.4) is 0 Å². The molecular weight excluding hydrogens is 260 g/mol. The number of benzene rings is 1. The Morgan fingerprint density at radius 3 is 2.42 bits per heavy atom. The second-order valence-electron chi connectivity index (χ2n) is 4.92. The predicted molar refractivity (Wildman–Crippen MR) is 79.1 cm³/mol. The molecule has 0 aliphatic heterocycles. The van der Waals surface area contributed by atoms with Gasteiger partial charge in [0.1, 0.15) is 6.61 Å². The van der Waals surface area contributed by atoms with Gasteiger partial charge in [0.05, 0.1) is 5.60 Å². The monoisotopic (exact) mass is 282 g/mol. The average Bonchev–Trinajstić information content (AvgIpc) is 2.43. The fraction of sp³-hybridized carbons (Fsp3) is 0.533. The minimum Gasteiger partial charge on any atom is -0.379 e. The SMILES string of the molecule is COC(C)(C)CCOCC(=O)c1ccc(SC)cc1. The van der Waals surface area contributed by atoms with Crippen molar-refractivity contribution in [3.63, 3.8) is 0 Å². The Kier molecular flexibility index (Phi) is 6.55. The molecule has 0 aliphatic rings. The summed E-state index contributed by atoms with van der Waals surface area (Å²) in [6, 6.07) is 7.59. The van der Waals surface area contributed by atoms with Crippen LogP contribution in [0.15, 0.2) is 29.2 Å². The quantitative estimate of drug-likeness (QED) is 0.416. The van der Waals surface area contributed by atoms with Crippen LogP contribution in [-0.2, 0) is 9.47 Å². The molecule has 0 spiro atoms. The van der Waals surface area contributed by atoms with Gasteiger partial charge >= 0.3 is 0 Å². The van der Waals surface area contributed by atoms with Crippen LogP contribution in [0.1, 0.15) is 30.6 Å². The summed E-state index contributed by atoms with van der Waals surface area (Å²) in [4.78, 5) is 13.0. The number of hydrogen-bond donors (Lipinski definition) is 0. The van der Waals surface area contributed by atoms with Gasteiger partial charge in [0, 0.05) is 24.2 Å². The van der Waals surface area contributed by atoms with Crippen LogP contribution in [0.25, 0.3) is 0 Å². The normalized spacial score (nSPS) is 11.6. The molecule has 1 aromatic carbocycles. The first-order chi connectivity index (χ1) is 8.98. The van der Waals surface area contributed by atoms with Crippen molar-refractivity contribution >= 4 is 17.5 Å². The summed E-state index contributed by atoms with van der Waals surface area (Å²) in [5, 5.41) is 0. The fourth-order valence-electron chi connectivity index (χ4n) is 1.45. The molecule has 0 N–H and O–H groups in total. The maximum absolute atomic E-state index is 11.9. The van der Waals surface area contributed by atoms with Crippen LogP contribution in [0.5, 0.6) is 0 Å². The average molecular weight is 282 g/mol. The highest BCUT2D eigenvalue weighted by molar-refractivity contribution is 7.98. The van der Waals surface area contributed by atoms with Gasteiger partial charge in [-0.05, 0) is 38.7 Å². The second-order valence-corrected chi connectivity index (χ2v) is 5.80. The van der Waals surface area contributed by atoms with E-state index in [1.54, 1.807) is 18.9 Å². The Morgan fingerprint density at radius 2 is 1.89 bits per heavy atom. The topological polar surface area (TPSA) is 35.5 Å². The van der Waals surface area contributed by atoms with Gasteiger partial charge in [-0.1, -0.05) is 12.1 Å². The largest absolute Gasteiger partial charge is 0.379 e. The zero-order chi connectivity index (χ0) is 14.3. The molecule has 0 bridgehead atoms. The van der Waals surface area contributed by atoms with Crippen molar-refractivity contribution in [2.75, 3.05) is 26.6 Å². The Bertz CT molecular complexity index is 398. The van der Waals surface area contributed by atoms with Gasteiger partial charge in [-0.2, -0.15) is 0 Å². The molecule has 0 aliphatic carbocycles. The third-order valence-electron chi connectivity index (χ3n) is 3.05. The number of methoxy groups -OCH3 is 1. The summed E-state index contributed by atoms with van der Waals surface area (Å²) in [6.07, 6.45) is 2.78. The number of Topliss-reactive ketones (excluding diaryl/α,β-unsaturated/α-hetero) is 1. The van der Waals surface area contributed by atoms with Crippen LogP contribution in [0, 0.1) is 0 Å². The summed E-state index contributed by atoms with van der Waals surface area (Å²) in [6.45, 7) is 4.65. The zero-order valence-electron chi connectivity index (χ0n) is 12.1. The molecule has 19 heavy (non-hydrogen) atoms. The molecule has 0 heterocycles. The van der Waals surface area contributed by atoms with Crippen molar-refractivity contribution in [3.8, 4) is 0 Å². The van der Waals surface area contributed by atoms with Gasteiger partial charge in [-0.15, -0.1) is 11.8 Å². The molecular formula is C15H22O3S. The van der Waals surface area contributed by atoms with Crippen LogP contribution in [0.4, 0.5) is 0 Å². The Hall–Kier alpha value is -0.840. The van der Waals surface area contributed by atoms with E-state index in [0.717, 1.165) is 11.3 Å². The molecule has 0 aromatic heterocycles. The number of carbonyl (C=O) groups excluding carboxylic acids is 1. The lowest BCUT2D eigenvalue weighted by atomic mass is 10.1. The van der Waals surface area contributed by atoms with E-state index >= 15 is 0 Å². The van der Waals surface area contributed by atoms with Gasteiger partial charge in [-0.3, -0.25) is 4.79 Å². The van der Waals surface area contributed by atoms with Crippen LogP contribution in [-0.4, -0.2) is 38.0 Å². The van der Waals surface area contributed by atoms with Crippen LogP contribution in [0.2, 0.25) is 0 Å². The highest BCUT2D eigenvalue weighted by Crippen LogP contribution is 2.15. The summed E-state index contributed by atoms with van der Waals surface area (Å²) in [7, 11) is 1.68. The van der Waals surface area contributed by atoms with E-state index in [1.165, 1.54) is 0 Å². The summed E-state index contributed by atoms with van der Waals surface area (Å²) in [5.74, 6) is 0.0166. The molecule has 1 aromatic rings. The van der Waals surface area contributed by atoms with Crippen LogP contribution < -0.4 is 0 Å². The summed E-state index contributed by atoms with van der Waals surface area (Å²) in [5.41, 5.74) is 0.493. The zero-order valence-corrected chi connectivity index (χ0v) is 12.9. The lowest BCUT2D eigenvalue weighted by Crippen LogP contribution is -2.25. The first-order valence-corrected chi connectivity index (χ1v) is 7.51. The van der Waals surface area contributed by atoms with Gasteiger partial charge in [0.15, 0.2) is 5.78 Å². The van der Waals surface area contributed by atoms with E-state index in [1.807, 2.05) is 44.4 Å². The van der Waals surface area contributed by atoms with E-state index in [-0.39, 0.29) is 18.0 Å². The standard InChI is InChI=1S/C15H22O3S/c1-15(2,17-3)9-10-18-11-14(16)12-5-7-13(19-4)8-6-12/h5-8H,9-11H2,1-4H3. The van der Waals surface area contributed by atoms with E-state index in [4.69, 9.17) is 9.47 Å². The smallest absolute Gasteiger partial charge is 0.188 e. The minimum absolute atomic E-state index is 0.0166. The first kappa shape index (κ1) is 16.2. The van der Waals surface area contributed by atoms with Crippen molar-refractivity contribution < 1.29 is 14.3 Å². The van der Waals surface area contributed by atoms with Crippen molar-refractivity contribution in [2.24, 2.45) is 0 Å². The van der Waals surface area contributed by atoms with E-state index < -0.39 is 0 Å². The molecule has 0 radical (unpaired) electrons. The third kappa shape index (κ3) is 5.76. The molecule has 0 atom stereocenters. The molecule has 106 valence electrons. The number of carbonyl (C=O) groups is 1. The van der Waals surface area contributed by atoms with E-state index in [0.29, 0.717) is 12.2 Å². The number of hydrogen-bond acceptors (Lipinski definition) is 4. The molecule has 4 heteroatoms. The molecule has 0 unspecified atom stereocenters. The van der Waals surface area contributed by atoms with Gasteiger partial charge < -0.3 is 9.47 Å². The van der Waals surface area contributed by atoms with Gasteiger partial charge in [0.2, 0.25) is 0 Å². The van der Waals surface area contributed by atoms with Crippen LogP contribution >= 0.6 is 11.8 Å². The summed E-state index contributed by atoms with van der Waals surface area (Å²) >= 11 is 1.66. The minimum atomic E-state index is -0.205.